The number of nitriles is 1. The number of primary amides is 1. The van der Waals surface area contributed by atoms with E-state index in [9.17, 15) is 20.3 Å². The second kappa shape index (κ2) is 11.3. The maximum absolute atomic E-state index is 13.4. The van der Waals surface area contributed by atoms with Gasteiger partial charge in [0.1, 0.15) is 6.04 Å². The van der Waals surface area contributed by atoms with Gasteiger partial charge < -0.3 is 26.4 Å². The molecule has 0 radical (unpaired) electrons. The second-order valence-corrected chi connectivity index (χ2v) is 12.2. The average molecular weight is 582 g/mol. The second-order valence-electron chi connectivity index (χ2n) is 12.2. The van der Waals surface area contributed by atoms with Gasteiger partial charge in [0.25, 0.3) is 0 Å². The van der Waals surface area contributed by atoms with Crippen LogP contribution in [0.4, 0.5) is 0 Å². The number of carbonyl (C=O) groups excluding carboxylic acids is 2. The number of nitrogens with zero attached hydrogens (tertiary/aromatic N) is 2. The van der Waals surface area contributed by atoms with Crippen LogP contribution in [0.1, 0.15) is 71.8 Å². The van der Waals surface area contributed by atoms with E-state index in [0.717, 1.165) is 34.2 Å². The van der Waals surface area contributed by atoms with Crippen molar-refractivity contribution < 1.29 is 14.3 Å². The van der Waals surface area contributed by atoms with Gasteiger partial charge in [0.05, 0.1) is 18.0 Å². The van der Waals surface area contributed by atoms with Crippen LogP contribution in [0.15, 0.2) is 43.0 Å². The van der Waals surface area contributed by atoms with Gasteiger partial charge in [-0.2, -0.15) is 5.26 Å². The summed E-state index contributed by atoms with van der Waals surface area (Å²) in [5, 5.41) is 30.4. The van der Waals surface area contributed by atoms with Gasteiger partial charge in [-0.25, -0.2) is 0 Å². The minimum absolute atomic E-state index is 0.0510. The van der Waals surface area contributed by atoms with Crippen molar-refractivity contribution in [3.05, 3.63) is 76.4 Å². The van der Waals surface area contributed by atoms with Crippen molar-refractivity contribution in [3.8, 4) is 6.07 Å². The molecule has 5 unspecified atom stereocenters. The number of hydrogen-bond donors (Lipinski definition) is 5. The minimum atomic E-state index is -1.16. The third kappa shape index (κ3) is 5.30. The van der Waals surface area contributed by atoms with Crippen LogP contribution in [0.2, 0.25) is 0 Å². The summed E-state index contributed by atoms with van der Waals surface area (Å²) >= 11 is 0. The predicted octanol–water partition coefficient (Wildman–Crippen LogP) is 3.22. The first-order valence-corrected chi connectivity index (χ1v) is 14.7. The fourth-order valence-corrected chi connectivity index (χ4v) is 7.25. The number of benzene rings is 2. The maximum atomic E-state index is 13.4. The lowest BCUT2D eigenvalue weighted by atomic mass is 9.68. The fourth-order valence-electron chi connectivity index (χ4n) is 7.25. The van der Waals surface area contributed by atoms with Crippen molar-refractivity contribution >= 4 is 29.3 Å². The number of nitrogens with one attached hydrogen (secondary N) is 3. The van der Waals surface area contributed by atoms with E-state index in [1.54, 1.807) is 17.0 Å². The van der Waals surface area contributed by atoms with Crippen molar-refractivity contribution in [3.63, 3.8) is 0 Å². The van der Waals surface area contributed by atoms with Crippen molar-refractivity contribution in [2.24, 2.45) is 23.3 Å². The van der Waals surface area contributed by atoms with E-state index in [1.807, 2.05) is 31.2 Å². The Bertz CT molecular complexity index is 1510. The average Bonchev–Trinajstić information content (AvgIpc) is 3.44. The molecule has 1 saturated carbocycles. The summed E-state index contributed by atoms with van der Waals surface area (Å²) in [7, 11) is 0. The normalized spacial score (nSPS) is 25.7. The van der Waals surface area contributed by atoms with Crippen LogP contribution in [0.25, 0.3) is 5.70 Å². The van der Waals surface area contributed by atoms with Gasteiger partial charge in [0.15, 0.2) is 5.90 Å². The molecule has 43 heavy (non-hydrogen) atoms. The smallest absolute Gasteiger partial charge is 0.248 e. The highest BCUT2D eigenvalue weighted by Gasteiger charge is 2.60. The lowest BCUT2D eigenvalue weighted by Gasteiger charge is -2.38. The third-order valence-electron chi connectivity index (χ3n) is 9.41. The Balaban J connectivity index is 1.55. The van der Waals surface area contributed by atoms with E-state index in [0.29, 0.717) is 42.4 Å². The molecule has 10 nitrogen and oxygen atoms in total. The lowest BCUT2D eigenvalue weighted by molar-refractivity contribution is -0.131. The Kier molecular flexibility index (Phi) is 7.88. The van der Waals surface area contributed by atoms with E-state index >= 15 is 0 Å². The highest BCUT2D eigenvalue weighted by molar-refractivity contribution is 5.99. The molecular weight excluding hydrogens is 542 g/mol. The molecule has 2 aromatic carbocycles. The van der Waals surface area contributed by atoms with Crippen LogP contribution in [0.3, 0.4) is 0 Å². The first-order valence-electron chi connectivity index (χ1n) is 14.7. The molecule has 5 rings (SSSR count). The van der Waals surface area contributed by atoms with E-state index in [2.05, 4.69) is 24.9 Å². The number of likely N-dealkylation sites (tertiary alicyclic amines) is 1. The van der Waals surface area contributed by atoms with Crippen LogP contribution >= 0.6 is 0 Å². The number of amides is 2. The van der Waals surface area contributed by atoms with E-state index in [4.69, 9.17) is 21.6 Å². The summed E-state index contributed by atoms with van der Waals surface area (Å²) in [6.45, 7) is 9.49. The lowest BCUT2D eigenvalue weighted by Crippen LogP contribution is -2.48. The zero-order valence-corrected chi connectivity index (χ0v) is 24.9. The molecule has 1 heterocycles. The number of piperidine rings is 1. The molecule has 2 fully saturated rings. The molecular formula is C33H39N7O3. The molecule has 2 aliphatic carbocycles. The Morgan fingerprint density at radius 3 is 2.33 bits per heavy atom. The summed E-state index contributed by atoms with van der Waals surface area (Å²) in [6.07, 6.45) is 2.22. The van der Waals surface area contributed by atoms with Crippen molar-refractivity contribution in [2.45, 2.75) is 70.0 Å². The molecule has 2 aromatic rings. The van der Waals surface area contributed by atoms with Crippen LogP contribution in [-0.4, -0.2) is 53.2 Å². The molecule has 0 spiro atoms. The Morgan fingerprint density at radius 1 is 1.16 bits per heavy atom. The number of nitrogens with two attached hydrogens (primary N) is 2. The van der Waals surface area contributed by atoms with E-state index in [-0.39, 0.29) is 36.3 Å². The zero-order valence-electron chi connectivity index (χ0n) is 24.9. The highest BCUT2D eigenvalue weighted by atomic mass is 16.5. The molecule has 0 aromatic heterocycles. The van der Waals surface area contributed by atoms with Crippen LogP contribution < -0.4 is 16.8 Å². The van der Waals surface area contributed by atoms with Crippen molar-refractivity contribution in [1.29, 1.82) is 16.1 Å². The van der Waals surface area contributed by atoms with Gasteiger partial charge in [0, 0.05) is 30.3 Å². The summed E-state index contributed by atoms with van der Waals surface area (Å²) in [5.41, 5.74) is 15.5. The monoisotopic (exact) mass is 581 g/mol. The number of hydrogen-bond acceptors (Lipinski definition) is 8. The summed E-state index contributed by atoms with van der Waals surface area (Å²) in [5.74, 6) is -0.0982. The van der Waals surface area contributed by atoms with Gasteiger partial charge in [-0.3, -0.25) is 20.4 Å². The van der Waals surface area contributed by atoms with Gasteiger partial charge >= 0.3 is 0 Å². The van der Waals surface area contributed by atoms with Crippen LogP contribution in [0, 0.1) is 34.0 Å². The number of aryl methyl sites for hydroxylation is 2. The van der Waals surface area contributed by atoms with Gasteiger partial charge in [-0.15, -0.1) is 0 Å². The fraction of sp³-hybridized carbons (Fsp3) is 0.424. The first-order chi connectivity index (χ1) is 20.4. The molecule has 224 valence electrons. The van der Waals surface area contributed by atoms with Crippen LogP contribution in [0.5, 0.6) is 0 Å². The summed E-state index contributed by atoms with van der Waals surface area (Å²) < 4.78 is 5.78. The SMILES string of the molecule is C=C(N)c1ccc2c(c1)CCc1cc(C(N)=O)ccc1C2(C[C@@H](C)NCC(=O)N1C(C#N)CC2C(C)C21)C(=N)OC(C)=N. The Labute approximate surface area is 252 Å². The minimum Gasteiger partial charge on any atom is -0.429 e. The highest BCUT2D eigenvalue weighted by Crippen LogP contribution is 2.53. The predicted molar refractivity (Wildman–Crippen MR) is 164 cm³/mol. The standard InChI is InChI=1S/C33H39N7O3/c1-17(39-16-29(41)40-25(15-34)13-26-18(2)30(26)40)14-33(32(38)43-20(4)36)27-9-7-21(19(3)35)11-22(27)5-6-23-12-24(31(37)42)8-10-28(23)33/h7-12,17-18,25-26,30,36,38-39H,3,5-6,13-14,16,35H2,1-2,4H3,(H2,37,42)/t17-,18?,25?,26?,30?,33?/m1/s1. The Hall–Kier alpha value is -4.49. The molecule has 0 bridgehead atoms. The van der Waals surface area contributed by atoms with E-state index in [1.165, 1.54) is 6.92 Å². The molecule has 2 amide bonds. The topological polar surface area (TPSA) is 182 Å². The quantitative estimate of drug-likeness (QED) is 0.236. The molecule has 3 aliphatic rings. The van der Waals surface area contributed by atoms with Crippen molar-refractivity contribution in [2.75, 3.05) is 6.54 Å². The van der Waals surface area contributed by atoms with Crippen molar-refractivity contribution in [1.82, 2.24) is 10.2 Å². The largest absolute Gasteiger partial charge is 0.429 e. The summed E-state index contributed by atoms with van der Waals surface area (Å²) in [6, 6.07) is 12.8. The Morgan fingerprint density at radius 2 is 1.77 bits per heavy atom. The number of carbonyl (C=O) groups is 2. The molecule has 7 N–H and O–H groups in total. The maximum Gasteiger partial charge on any atom is 0.248 e. The number of fused-ring (bicyclic) bond motifs is 3. The number of ether oxygens (including phenoxy) is 1. The van der Waals surface area contributed by atoms with Gasteiger partial charge in [0.2, 0.25) is 17.7 Å². The molecule has 1 saturated heterocycles. The van der Waals surface area contributed by atoms with Gasteiger partial charge in [-0.1, -0.05) is 31.7 Å². The zero-order chi connectivity index (χ0) is 31.2. The van der Waals surface area contributed by atoms with Crippen LogP contribution in [-0.2, 0) is 27.8 Å². The first kappa shape index (κ1) is 30.0. The van der Waals surface area contributed by atoms with Gasteiger partial charge in [-0.05, 0) is 90.5 Å². The van der Waals surface area contributed by atoms with E-state index < -0.39 is 17.4 Å². The summed E-state index contributed by atoms with van der Waals surface area (Å²) in [4.78, 5) is 27.2. The number of rotatable bonds is 8. The molecule has 6 atom stereocenters. The third-order valence-corrected chi connectivity index (χ3v) is 9.41. The molecule has 1 aliphatic heterocycles. The molecule has 10 heteroatoms.